The summed E-state index contributed by atoms with van der Waals surface area (Å²) in [6, 6.07) is 3.11. The van der Waals surface area contributed by atoms with E-state index in [4.69, 9.17) is 4.74 Å². The van der Waals surface area contributed by atoms with Crippen LogP contribution in [0.15, 0.2) is 21.7 Å². The van der Waals surface area contributed by atoms with Gasteiger partial charge in [0.2, 0.25) is 0 Å². The van der Waals surface area contributed by atoms with E-state index in [2.05, 4.69) is 31.2 Å². The summed E-state index contributed by atoms with van der Waals surface area (Å²) in [5.74, 6) is 0.382. The lowest BCUT2D eigenvalue weighted by Gasteiger charge is -2.08. The number of carbonyl (C=O) groups is 1. The minimum atomic E-state index is -0.626. The zero-order valence-corrected chi connectivity index (χ0v) is 12.2. The number of rotatable bonds is 5. The first-order valence-corrected chi connectivity index (χ1v) is 6.48. The van der Waals surface area contributed by atoms with Crippen LogP contribution in [0.5, 0.6) is 11.5 Å². The molecule has 0 unspecified atom stereocenters. The quantitative estimate of drug-likeness (QED) is 0.642. The maximum Gasteiger partial charge on any atom is 0.427 e. The average Bonchev–Trinajstić information content (AvgIpc) is 2.35. The molecule has 1 aromatic rings. The number of hydrazone groups is 1. The van der Waals surface area contributed by atoms with Crippen molar-refractivity contribution in [3.05, 3.63) is 22.2 Å². The average molecular weight is 331 g/mol. The van der Waals surface area contributed by atoms with E-state index in [1.54, 1.807) is 13.0 Å². The van der Waals surface area contributed by atoms with Crippen molar-refractivity contribution in [1.29, 1.82) is 0 Å². The van der Waals surface area contributed by atoms with Crippen LogP contribution in [0.2, 0.25) is 0 Å². The van der Waals surface area contributed by atoms with E-state index in [0.29, 0.717) is 22.4 Å². The van der Waals surface area contributed by atoms with Gasteiger partial charge in [0.1, 0.15) is 0 Å². The Bertz CT molecular complexity index is 477. The number of nitrogens with zero attached hydrogens (tertiary/aromatic N) is 1. The molecule has 2 N–H and O–H groups in total. The van der Waals surface area contributed by atoms with Crippen LogP contribution in [-0.2, 0) is 4.74 Å². The van der Waals surface area contributed by atoms with E-state index in [1.807, 2.05) is 6.92 Å². The van der Waals surface area contributed by atoms with Crippen LogP contribution in [0.1, 0.15) is 19.4 Å². The van der Waals surface area contributed by atoms with Crippen LogP contribution in [0, 0.1) is 0 Å². The second kappa shape index (κ2) is 7.63. The van der Waals surface area contributed by atoms with E-state index in [9.17, 15) is 9.90 Å². The molecule has 104 valence electrons. The van der Waals surface area contributed by atoms with Crippen LogP contribution in [-0.4, -0.2) is 30.6 Å². The highest BCUT2D eigenvalue weighted by Crippen LogP contribution is 2.31. The molecule has 0 aliphatic heterocycles. The Labute approximate surface area is 119 Å². The number of ether oxygens (including phenoxy) is 2. The number of halogens is 1. The fraction of sp³-hybridized carbons (Fsp3) is 0.333. The summed E-state index contributed by atoms with van der Waals surface area (Å²) in [4.78, 5) is 11.0. The third-order valence-electron chi connectivity index (χ3n) is 2.01. The summed E-state index contributed by atoms with van der Waals surface area (Å²) in [6.07, 6.45) is 0.793. The zero-order chi connectivity index (χ0) is 14.3. The summed E-state index contributed by atoms with van der Waals surface area (Å²) < 4.78 is 10.5. The normalized spacial score (nSPS) is 10.5. The number of phenols is 1. The van der Waals surface area contributed by atoms with Gasteiger partial charge < -0.3 is 14.6 Å². The number of aromatic hydroxyl groups is 1. The molecule has 0 heterocycles. The molecule has 0 aromatic heterocycles. The Morgan fingerprint density at radius 2 is 2.21 bits per heavy atom. The van der Waals surface area contributed by atoms with E-state index in [1.165, 1.54) is 12.3 Å². The third-order valence-corrected chi connectivity index (χ3v) is 2.70. The van der Waals surface area contributed by atoms with Gasteiger partial charge in [-0.05, 0) is 41.9 Å². The first kappa shape index (κ1) is 15.3. The molecule has 1 aromatic carbocycles. The number of hydrogen-bond acceptors (Lipinski definition) is 5. The van der Waals surface area contributed by atoms with Crippen molar-refractivity contribution in [1.82, 2.24) is 5.43 Å². The second-order valence-corrected chi connectivity index (χ2v) is 4.22. The lowest BCUT2D eigenvalue weighted by molar-refractivity contribution is 0.152. The number of nitrogens with one attached hydrogen (secondary N) is 1. The van der Waals surface area contributed by atoms with Crippen molar-refractivity contribution in [2.24, 2.45) is 5.10 Å². The highest BCUT2D eigenvalue weighted by atomic mass is 79.9. The van der Waals surface area contributed by atoms with Crippen molar-refractivity contribution in [2.45, 2.75) is 13.8 Å². The van der Waals surface area contributed by atoms with Gasteiger partial charge in [0, 0.05) is 10.0 Å². The smallest absolute Gasteiger partial charge is 0.427 e. The maximum absolute atomic E-state index is 11.0. The van der Waals surface area contributed by atoms with Crippen molar-refractivity contribution >= 4 is 28.2 Å². The number of phenolic OH excluding ortho intramolecular Hbond substituents is 1. The lowest BCUT2D eigenvalue weighted by atomic mass is 10.2. The minimum Gasteiger partial charge on any atom is -0.504 e. The van der Waals surface area contributed by atoms with Crippen molar-refractivity contribution in [3.8, 4) is 11.5 Å². The maximum atomic E-state index is 11.0. The largest absolute Gasteiger partial charge is 0.504 e. The van der Waals surface area contributed by atoms with Crippen LogP contribution in [0.4, 0.5) is 4.79 Å². The Kier molecular flexibility index (Phi) is 6.14. The van der Waals surface area contributed by atoms with E-state index in [0.717, 1.165) is 0 Å². The van der Waals surface area contributed by atoms with Gasteiger partial charge in [-0.2, -0.15) is 5.10 Å². The molecule has 1 amide bonds. The summed E-state index contributed by atoms with van der Waals surface area (Å²) >= 11 is 3.28. The minimum absolute atomic E-state index is 0.0317. The van der Waals surface area contributed by atoms with Gasteiger partial charge in [-0.1, -0.05) is 0 Å². The highest BCUT2D eigenvalue weighted by molar-refractivity contribution is 9.10. The number of carbonyl (C=O) groups excluding carboxylic acids is 1. The molecule has 0 saturated carbocycles. The third kappa shape index (κ3) is 4.78. The fourth-order valence-electron chi connectivity index (χ4n) is 1.25. The second-order valence-electron chi connectivity index (χ2n) is 3.36. The van der Waals surface area contributed by atoms with Crippen molar-refractivity contribution in [3.63, 3.8) is 0 Å². The molecule has 0 aliphatic rings. The summed E-state index contributed by atoms with van der Waals surface area (Å²) in [5.41, 5.74) is 2.86. The zero-order valence-electron chi connectivity index (χ0n) is 10.6. The van der Waals surface area contributed by atoms with Gasteiger partial charge in [0.25, 0.3) is 0 Å². The number of hydrogen-bond donors (Lipinski definition) is 2. The standard InChI is InChI=1S/C12H15BrN2O4/c1-3-18-11-5-8(9(13)6-10(11)16)7-14-15-12(17)19-4-2/h5-7,16H,3-4H2,1-2H3,(H,15,17)/b14-7+. The molecule has 0 radical (unpaired) electrons. The van der Waals surface area contributed by atoms with Crippen molar-refractivity contribution in [2.75, 3.05) is 13.2 Å². The monoisotopic (exact) mass is 330 g/mol. The van der Waals surface area contributed by atoms with Gasteiger partial charge in [0.05, 0.1) is 19.4 Å². The van der Waals surface area contributed by atoms with Gasteiger partial charge in [-0.25, -0.2) is 10.2 Å². The van der Waals surface area contributed by atoms with Gasteiger partial charge in [0.15, 0.2) is 11.5 Å². The van der Waals surface area contributed by atoms with Crippen LogP contribution in [0.25, 0.3) is 0 Å². The summed E-state index contributed by atoms with van der Waals surface area (Å²) in [6.45, 7) is 4.23. The lowest BCUT2D eigenvalue weighted by Crippen LogP contribution is -2.18. The predicted octanol–water partition coefficient (Wildman–Crippen LogP) is 2.63. The SMILES string of the molecule is CCOC(=O)N/N=C/c1cc(OCC)c(O)cc1Br. The molecule has 6 nitrogen and oxygen atoms in total. The molecule has 0 saturated heterocycles. The first-order valence-electron chi connectivity index (χ1n) is 5.69. The topological polar surface area (TPSA) is 80.2 Å². The predicted molar refractivity (Wildman–Crippen MR) is 74.7 cm³/mol. The molecule has 0 fully saturated rings. The Balaban J connectivity index is 2.79. The molecular weight excluding hydrogens is 316 g/mol. The van der Waals surface area contributed by atoms with Crippen LogP contribution in [0.3, 0.4) is 0 Å². The summed E-state index contributed by atoms with van der Waals surface area (Å²) in [5, 5.41) is 13.4. The molecule has 0 bridgehead atoms. The van der Waals surface area contributed by atoms with Crippen molar-refractivity contribution < 1.29 is 19.4 Å². The molecule has 19 heavy (non-hydrogen) atoms. The Morgan fingerprint density at radius 3 is 2.84 bits per heavy atom. The Hall–Kier alpha value is -1.76. The molecule has 0 spiro atoms. The van der Waals surface area contributed by atoms with Gasteiger partial charge in [-0.15, -0.1) is 0 Å². The molecular formula is C12H15BrN2O4. The van der Waals surface area contributed by atoms with Gasteiger partial charge >= 0.3 is 6.09 Å². The van der Waals surface area contributed by atoms with Gasteiger partial charge in [-0.3, -0.25) is 0 Å². The first-order chi connectivity index (χ1) is 9.08. The Morgan fingerprint density at radius 1 is 1.47 bits per heavy atom. The molecule has 0 atom stereocenters. The van der Waals surface area contributed by atoms with E-state index in [-0.39, 0.29) is 12.4 Å². The molecule has 7 heteroatoms. The fourth-order valence-corrected chi connectivity index (χ4v) is 1.68. The van der Waals surface area contributed by atoms with Crippen LogP contribution < -0.4 is 10.2 Å². The number of benzene rings is 1. The molecule has 1 rings (SSSR count). The van der Waals surface area contributed by atoms with E-state index >= 15 is 0 Å². The summed E-state index contributed by atoms with van der Waals surface area (Å²) in [7, 11) is 0. The highest BCUT2D eigenvalue weighted by Gasteiger charge is 2.07. The van der Waals surface area contributed by atoms with E-state index < -0.39 is 6.09 Å². The van der Waals surface area contributed by atoms with Crippen LogP contribution >= 0.6 is 15.9 Å². The number of amides is 1. The molecule has 0 aliphatic carbocycles.